The van der Waals surface area contributed by atoms with Gasteiger partial charge in [-0.15, -0.1) is 0 Å². The van der Waals surface area contributed by atoms with Crippen molar-refractivity contribution >= 4 is 23.3 Å². The highest BCUT2D eigenvalue weighted by atomic mass is 16.3. The molecule has 1 amide bonds. The number of hydrogen-bond acceptors (Lipinski definition) is 4. The molecule has 3 rings (SSSR count). The quantitative estimate of drug-likeness (QED) is 0.299. The van der Waals surface area contributed by atoms with Crippen LogP contribution in [0.1, 0.15) is 149 Å². The Balaban J connectivity index is 0.000000504. The Morgan fingerprint density at radius 2 is 1.63 bits per heavy atom. The summed E-state index contributed by atoms with van der Waals surface area (Å²) in [4.78, 5) is 27.1. The molecule has 0 atom stereocenters. The lowest BCUT2D eigenvalue weighted by atomic mass is 9.72. The molecule has 1 aliphatic carbocycles. The predicted octanol–water partition coefficient (Wildman–Crippen LogP) is 9.23. The number of amides is 1. The molecule has 38 heavy (non-hydrogen) atoms. The monoisotopic (exact) mass is 528 g/mol. The van der Waals surface area contributed by atoms with Crippen LogP contribution in [0, 0.1) is 16.7 Å². The third-order valence-electron chi connectivity index (χ3n) is 7.05. The highest BCUT2D eigenvalue weighted by Gasteiger charge is 2.31. The van der Waals surface area contributed by atoms with Gasteiger partial charge in [-0.05, 0) is 48.0 Å². The van der Waals surface area contributed by atoms with E-state index in [9.17, 15) is 9.59 Å². The molecule has 2 heterocycles. The van der Waals surface area contributed by atoms with Crippen molar-refractivity contribution in [1.29, 1.82) is 0 Å². The molecule has 0 aliphatic heterocycles. The lowest BCUT2D eigenvalue weighted by Gasteiger charge is -2.34. The molecule has 1 N–H and O–H groups in total. The van der Waals surface area contributed by atoms with Gasteiger partial charge in [0.05, 0.1) is 0 Å². The fourth-order valence-corrected chi connectivity index (χ4v) is 4.26. The van der Waals surface area contributed by atoms with Gasteiger partial charge in [0.1, 0.15) is 5.52 Å². The summed E-state index contributed by atoms with van der Waals surface area (Å²) in [6.45, 7) is 26.4. The Bertz CT molecular complexity index is 1010. The normalized spacial score (nSPS) is 15.8. The molecular formula is C33H56N2O3. The van der Waals surface area contributed by atoms with Gasteiger partial charge in [0.15, 0.2) is 11.3 Å². The molecule has 2 aromatic rings. The molecule has 5 nitrogen and oxygen atoms in total. The Kier molecular flexibility index (Phi) is 12.7. The fourth-order valence-electron chi connectivity index (χ4n) is 4.26. The highest BCUT2D eigenvalue weighted by molar-refractivity contribution is 5.98. The molecule has 216 valence electrons. The van der Waals surface area contributed by atoms with E-state index >= 15 is 0 Å². The van der Waals surface area contributed by atoms with Gasteiger partial charge >= 0.3 is 0 Å². The van der Waals surface area contributed by atoms with Crippen molar-refractivity contribution in [2.24, 2.45) is 16.7 Å². The van der Waals surface area contributed by atoms with Crippen molar-refractivity contribution in [2.45, 2.75) is 133 Å². The van der Waals surface area contributed by atoms with Crippen molar-refractivity contribution < 1.29 is 14.0 Å². The van der Waals surface area contributed by atoms with E-state index in [0.29, 0.717) is 17.1 Å². The summed E-state index contributed by atoms with van der Waals surface area (Å²) in [6, 6.07) is 4.08. The summed E-state index contributed by atoms with van der Waals surface area (Å²) in [7, 11) is 0. The Labute approximate surface area is 232 Å². The van der Waals surface area contributed by atoms with Crippen molar-refractivity contribution in [3.05, 3.63) is 29.2 Å². The van der Waals surface area contributed by atoms with Gasteiger partial charge in [-0.25, -0.2) is 4.98 Å². The van der Waals surface area contributed by atoms with Gasteiger partial charge in [0, 0.05) is 35.7 Å². The van der Waals surface area contributed by atoms with Gasteiger partial charge < -0.3 is 9.73 Å². The zero-order chi connectivity index (χ0) is 29.3. The number of pyridine rings is 1. The zero-order valence-corrected chi connectivity index (χ0v) is 26.5. The SMILES string of the molecule is CC(C)(C)CNC=O.CC(C)C(=O)c1cc2nc(C3CCC(C)(C)CC3)cc(C(C)(C)C)c2o1.CCCC. The number of unbranched alkanes of at least 4 members (excludes halogenated alkanes) is 1. The minimum Gasteiger partial charge on any atom is -0.451 e. The summed E-state index contributed by atoms with van der Waals surface area (Å²) in [5.74, 6) is 0.917. The van der Waals surface area contributed by atoms with E-state index in [-0.39, 0.29) is 22.5 Å². The van der Waals surface area contributed by atoms with E-state index in [1.807, 2.05) is 19.9 Å². The van der Waals surface area contributed by atoms with Crippen LogP contribution in [-0.2, 0) is 10.2 Å². The largest absolute Gasteiger partial charge is 0.451 e. The third-order valence-corrected chi connectivity index (χ3v) is 7.05. The summed E-state index contributed by atoms with van der Waals surface area (Å²) in [5, 5.41) is 2.61. The van der Waals surface area contributed by atoms with Crippen molar-refractivity contribution in [2.75, 3.05) is 6.54 Å². The number of Topliss-reactive ketones (excluding diaryl/α,β-unsaturated/α-hetero) is 1. The highest BCUT2D eigenvalue weighted by Crippen LogP contribution is 2.43. The predicted molar refractivity (Wildman–Crippen MR) is 161 cm³/mol. The van der Waals surface area contributed by atoms with Crippen LogP contribution in [0.25, 0.3) is 11.1 Å². The van der Waals surface area contributed by atoms with Crippen LogP contribution in [-0.4, -0.2) is 23.7 Å². The summed E-state index contributed by atoms with van der Waals surface area (Å²) in [5.41, 5.74) is 4.54. The van der Waals surface area contributed by atoms with E-state index < -0.39 is 0 Å². The fraction of sp³-hybridized carbons (Fsp3) is 0.727. The molecule has 0 aromatic carbocycles. The molecule has 1 fully saturated rings. The molecule has 1 saturated carbocycles. The molecule has 2 aromatic heterocycles. The molecule has 0 unspecified atom stereocenters. The van der Waals surface area contributed by atoms with Crippen LogP contribution in [0.2, 0.25) is 0 Å². The first-order valence-electron chi connectivity index (χ1n) is 14.6. The minimum atomic E-state index is -0.0753. The maximum atomic E-state index is 12.4. The average Bonchev–Trinajstić information content (AvgIpc) is 3.25. The maximum absolute atomic E-state index is 12.4. The zero-order valence-electron chi connectivity index (χ0n) is 26.5. The molecule has 0 radical (unpaired) electrons. The van der Waals surface area contributed by atoms with E-state index in [4.69, 9.17) is 9.40 Å². The Morgan fingerprint density at radius 1 is 1.08 bits per heavy atom. The van der Waals surface area contributed by atoms with Crippen LogP contribution < -0.4 is 5.32 Å². The van der Waals surface area contributed by atoms with E-state index in [0.717, 1.165) is 29.6 Å². The molecular weight excluding hydrogens is 472 g/mol. The molecule has 0 bridgehead atoms. The van der Waals surface area contributed by atoms with Crippen LogP contribution in [0.5, 0.6) is 0 Å². The number of furan rings is 1. The van der Waals surface area contributed by atoms with Crippen LogP contribution >= 0.6 is 0 Å². The van der Waals surface area contributed by atoms with Gasteiger partial charge in [-0.2, -0.15) is 0 Å². The Morgan fingerprint density at radius 3 is 2.03 bits per heavy atom. The summed E-state index contributed by atoms with van der Waals surface area (Å²) in [6.07, 6.45) is 8.22. The van der Waals surface area contributed by atoms with Gasteiger partial charge in [0.2, 0.25) is 12.2 Å². The standard InChI is InChI=1S/C23H33NO2.C6H13NO.C4H10/c1-14(2)20(25)19-13-18-21(26-19)16(22(3,4)5)12-17(24-18)15-8-10-23(6,7)11-9-15;1-6(2,3)4-7-5-8;1-3-4-2/h12-15H,8-11H2,1-7H3;5H,4H2,1-3H3,(H,7,8);3-4H2,1-2H3. The first-order chi connectivity index (χ1) is 17.5. The number of nitrogens with one attached hydrogen (secondary N) is 1. The summed E-state index contributed by atoms with van der Waals surface area (Å²) >= 11 is 0. The second kappa shape index (κ2) is 14.3. The topological polar surface area (TPSA) is 72.2 Å². The number of nitrogens with zero attached hydrogens (tertiary/aromatic N) is 1. The molecule has 0 saturated heterocycles. The lowest BCUT2D eigenvalue weighted by Crippen LogP contribution is -2.25. The van der Waals surface area contributed by atoms with Gasteiger partial charge in [-0.3, -0.25) is 9.59 Å². The summed E-state index contributed by atoms with van der Waals surface area (Å²) < 4.78 is 6.01. The third kappa shape index (κ3) is 10.9. The van der Waals surface area contributed by atoms with Crippen LogP contribution in [0.4, 0.5) is 0 Å². The second-order valence-corrected chi connectivity index (χ2v) is 14.2. The number of carbonyl (C=O) groups excluding carboxylic acids is 2. The number of carbonyl (C=O) groups is 2. The Hall–Kier alpha value is -2.17. The van der Waals surface area contributed by atoms with Gasteiger partial charge in [0.25, 0.3) is 0 Å². The average molecular weight is 529 g/mol. The van der Waals surface area contributed by atoms with E-state index in [1.165, 1.54) is 44.2 Å². The molecule has 1 aliphatic rings. The number of fused-ring (bicyclic) bond motifs is 1. The smallest absolute Gasteiger partial charge is 0.207 e. The van der Waals surface area contributed by atoms with Crippen molar-refractivity contribution in [3.63, 3.8) is 0 Å². The van der Waals surface area contributed by atoms with Crippen molar-refractivity contribution in [3.8, 4) is 0 Å². The molecule has 0 spiro atoms. The van der Waals surface area contributed by atoms with E-state index in [1.54, 1.807) is 0 Å². The molecule has 5 heteroatoms. The minimum absolute atomic E-state index is 0.0452. The van der Waals surface area contributed by atoms with E-state index in [2.05, 4.69) is 80.6 Å². The second-order valence-electron chi connectivity index (χ2n) is 14.2. The van der Waals surface area contributed by atoms with Crippen LogP contribution in [0.15, 0.2) is 16.5 Å². The maximum Gasteiger partial charge on any atom is 0.207 e. The first kappa shape index (κ1) is 33.9. The number of rotatable bonds is 6. The van der Waals surface area contributed by atoms with Crippen LogP contribution in [0.3, 0.4) is 0 Å². The first-order valence-corrected chi connectivity index (χ1v) is 14.6. The number of aromatic nitrogens is 1. The number of ketones is 1. The lowest BCUT2D eigenvalue weighted by molar-refractivity contribution is -0.109. The van der Waals surface area contributed by atoms with Crippen molar-refractivity contribution in [1.82, 2.24) is 10.3 Å². The number of hydrogen-bond donors (Lipinski definition) is 1. The van der Waals surface area contributed by atoms with Gasteiger partial charge in [-0.1, -0.05) is 95.9 Å².